The van der Waals surface area contributed by atoms with Gasteiger partial charge in [0.1, 0.15) is 5.78 Å². The van der Waals surface area contributed by atoms with Crippen molar-refractivity contribution in [2.24, 2.45) is 0 Å². The van der Waals surface area contributed by atoms with Crippen LogP contribution in [0.15, 0.2) is 11.6 Å². The Labute approximate surface area is 117 Å². The van der Waals surface area contributed by atoms with Gasteiger partial charge in [-0.05, 0) is 47.7 Å². The lowest BCUT2D eigenvalue weighted by Gasteiger charge is -2.20. The normalized spacial score (nSPS) is 11.5. The maximum Gasteiger partial charge on any atom is 0.146 e. The average Bonchev–Trinajstić information content (AvgIpc) is 2.14. The van der Waals surface area contributed by atoms with E-state index < -0.39 is 0 Å². The first kappa shape index (κ1) is 18.2. The van der Waals surface area contributed by atoms with Crippen molar-refractivity contribution >= 4 is 43.0 Å². The zero-order valence-corrected chi connectivity index (χ0v) is 14.5. The van der Waals surface area contributed by atoms with Gasteiger partial charge in [0.2, 0.25) is 0 Å². The second-order valence-corrected chi connectivity index (χ2v) is 3.95. The molecule has 0 aliphatic rings. The SMILES string of the molecule is CC(=O)C(CCC=C(C)C)N(C)C.II. The summed E-state index contributed by atoms with van der Waals surface area (Å²) in [7, 11) is 3.91. The number of carbonyl (C=O) groups is 1. The fraction of sp³-hybridized carbons (Fsp3) is 0.727. The molecule has 4 heteroatoms. The quantitative estimate of drug-likeness (QED) is 0.479. The summed E-state index contributed by atoms with van der Waals surface area (Å²) >= 11 is 4.24. The van der Waals surface area contributed by atoms with Gasteiger partial charge in [-0.1, -0.05) is 11.6 Å². The van der Waals surface area contributed by atoms with E-state index in [9.17, 15) is 4.79 Å². The van der Waals surface area contributed by atoms with Crippen LogP contribution < -0.4 is 0 Å². The molecule has 90 valence electrons. The van der Waals surface area contributed by atoms with E-state index in [-0.39, 0.29) is 11.8 Å². The predicted molar refractivity (Wildman–Crippen MR) is 84.9 cm³/mol. The number of Topliss-reactive ketones (excluding diaryl/α,β-unsaturated/α-hetero) is 1. The molecule has 0 aromatic heterocycles. The third-order valence-corrected chi connectivity index (χ3v) is 2.09. The molecule has 0 heterocycles. The van der Waals surface area contributed by atoms with Gasteiger partial charge in [-0.15, -0.1) is 0 Å². The summed E-state index contributed by atoms with van der Waals surface area (Å²) in [4.78, 5) is 13.2. The van der Waals surface area contributed by atoms with Crippen LogP contribution in [-0.4, -0.2) is 30.8 Å². The van der Waals surface area contributed by atoms with E-state index in [0.717, 1.165) is 12.8 Å². The van der Waals surface area contributed by atoms with Crippen molar-refractivity contribution in [2.45, 2.75) is 39.7 Å². The summed E-state index contributed by atoms with van der Waals surface area (Å²) in [6.07, 6.45) is 4.09. The molecule has 1 unspecified atom stereocenters. The first-order chi connectivity index (χ1) is 6.95. The van der Waals surface area contributed by atoms with Gasteiger partial charge in [-0.25, -0.2) is 0 Å². The minimum absolute atomic E-state index is 0.0793. The molecule has 0 saturated carbocycles. The van der Waals surface area contributed by atoms with Crippen LogP contribution in [0, 0.1) is 0 Å². The lowest BCUT2D eigenvalue weighted by Crippen LogP contribution is -2.33. The Morgan fingerprint density at radius 1 is 1.27 bits per heavy atom. The zero-order chi connectivity index (χ0) is 12.4. The van der Waals surface area contributed by atoms with Gasteiger partial charge in [0.05, 0.1) is 6.04 Å². The standard InChI is InChI=1S/C11H21NO.I2/c1-9(2)7-6-8-11(10(3)13)12(4)5;1-2/h7,11H,6,8H2,1-5H3;. The molecule has 0 aliphatic heterocycles. The molecule has 1 atom stereocenters. The molecule has 0 aliphatic carbocycles. The number of halogens is 2. The lowest BCUT2D eigenvalue weighted by atomic mass is 10.1. The van der Waals surface area contributed by atoms with E-state index >= 15 is 0 Å². The number of hydrogen-bond donors (Lipinski definition) is 0. The van der Waals surface area contributed by atoms with Crippen molar-refractivity contribution in [3.05, 3.63) is 11.6 Å². The Bertz CT molecular complexity index is 199. The summed E-state index contributed by atoms with van der Waals surface area (Å²) in [5, 5.41) is 0. The summed E-state index contributed by atoms with van der Waals surface area (Å²) in [6, 6.07) is 0.0793. The van der Waals surface area contributed by atoms with E-state index in [1.54, 1.807) is 6.92 Å². The Hall–Kier alpha value is 0.830. The van der Waals surface area contributed by atoms with E-state index in [1.165, 1.54) is 5.57 Å². The second kappa shape index (κ2) is 11.3. The first-order valence-electron chi connectivity index (χ1n) is 4.89. The molecule has 0 radical (unpaired) electrons. The second-order valence-electron chi connectivity index (χ2n) is 3.95. The fourth-order valence-corrected chi connectivity index (χ4v) is 1.35. The lowest BCUT2D eigenvalue weighted by molar-refractivity contribution is -0.121. The highest BCUT2D eigenvalue weighted by Gasteiger charge is 2.14. The maximum atomic E-state index is 11.2. The van der Waals surface area contributed by atoms with Crippen LogP contribution in [0.3, 0.4) is 0 Å². The molecule has 0 saturated heterocycles. The largest absolute Gasteiger partial charge is 0.300 e. The van der Waals surface area contributed by atoms with E-state index in [1.807, 2.05) is 19.0 Å². The van der Waals surface area contributed by atoms with Gasteiger partial charge >= 0.3 is 0 Å². The van der Waals surface area contributed by atoms with Crippen LogP contribution in [0.4, 0.5) is 0 Å². The molecule has 15 heavy (non-hydrogen) atoms. The number of likely N-dealkylation sites (N-methyl/N-ethyl adjacent to an activating group) is 1. The van der Waals surface area contributed by atoms with Gasteiger partial charge < -0.3 is 0 Å². The summed E-state index contributed by atoms with van der Waals surface area (Å²) < 4.78 is 0. The number of allylic oxidation sites excluding steroid dienone is 2. The number of nitrogens with zero attached hydrogens (tertiary/aromatic N) is 1. The molecule has 0 bridgehead atoms. The summed E-state index contributed by atoms with van der Waals surface area (Å²) in [5.41, 5.74) is 1.32. The molecule has 0 amide bonds. The molecular weight excluding hydrogens is 416 g/mol. The number of rotatable bonds is 5. The fourth-order valence-electron chi connectivity index (χ4n) is 1.35. The highest BCUT2D eigenvalue weighted by molar-refractivity contribution is 15.0. The van der Waals surface area contributed by atoms with E-state index in [0.29, 0.717) is 0 Å². The van der Waals surface area contributed by atoms with Crippen molar-refractivity contribution in [1.29, 1.82) is 0 Å². The van der Waals surface area contributed by atoms with Crippen molar-refractivity contribution in [3.63, 3.8) is 0 Å². The third kappa shape index (κ3) is 11.1. The Morgan fingerprint density at radius 3 is 2.00 bits per heavy atom. The van der Waals surface area contributed by atoms with Crippen LogP contribution >= 0.6 is 37.2 Å². The van der Waals surface area contributed by atoms with Crippen LogP contribution in [0.5, 0.6) is 0 Å². The molecule has 0 spiro atoms. The molecule has 0 fully saturated rings. The Balaban J connectivity index is 0. The molecule has 0 rings (SSSR count). The van der Waals surface area contributed by atoms with E-state index in [2.05, 4.69) is 57.2 Å². The third-order valence-electron chi connectivity index (χ3n) is 2.09. The van der Waals surface area contributed by atoms with Crippen molar-refractivity contribution in [1.82, 2.24) is 4.90 Å². The molecular formula is C11H21I2NO. The summed E-state index contributed by atoms with van der Waals surface area (Å²) in [5.74, 6) is 0.257. The Morgan fingerprint density at radius 2 is 1.73 bits per heavy atom. The number of carbonyl (C=O) groups excluding carboxylic acids is 1. The Kier molecular flexibility index (Phi) is 13.7. The van der Waals surface area contributed by atoms with Crippen LogP contribution in [0.25, 0.3) is 0 Å². The highest BCUT2D eigenvalue weighted by atomic mass is 128. The van der Waals surface area contributed by atoms with Crippen molar-refractivity contribution in [2.75, 3.05) is 14.1 Å². The van der Waals surface area contributed by atoms with Gasteiger partial charge in [0, 0.05) is 37.2 Å². The summed E-state index contributed by atoms with van der Waals surface area (Å²) in [6.45, 7) is 5.82. The monoisotopic (exact) mass is 437 g/mol. The zero-order valence-electron chi connectivity index (χ0n) is 10.2. The van der Waals surface area contributed by atoms with Gasteiger partial charge in [0.25, 0.3) is 0 Å². The molecule has 0 aromatic rings. The van der Waals surface area contributed by atoms with Gasteiger partial charge in [-0.2, -0.15) is 0 Å². The predicted octanol–water partition coefficient (Wildman–Crippen LogP) is 4.02. The molecule has 0 aromatic carbocycles. The maximum absolute atomic E-state index is 11.2. The average molecular weight is 437 g/mol. The van der Waals surface area contributed by atoms with Crippen LogP contribution in [-0.2, 0) is 4.79 Å². The topological polar surface area (TPSA) is 20.3 Å². The van der Waals surface area contributed by atoms with E-state index in [4.69, 9.17) is 0 Å². The number of hydrogen-bond acceptors (Lipinski definition) is 2. The van der Waals surface area contributed by atoms with Crippen LogP contribution in [0.1, 0.15) is 33.6 Å². The van der Waals surface area contributed by atoms with Gasteiger partial charge in [0.15, 0.2) is 0 Å². The minimum Gasteiger partial charge on any atom is -0.300 e. The highest BCUT2D eigenvalue weighted by Crippen LogP contribution is 2.06. The van der Waals surface area contributed by atoms with Crippen LogP contribution in [0.2, 0.25) is 0 Å². The van der Waals surface area contributed by atoms with Crippen molar-refractivity contribution < 1.29 is 4.79 Å². The minimum atomic E-state index is 0.0793. The first-order valence-corrected chi connectivity index (χ1v) is 11.2. The molecule has 0 N–H and O–H groups in total. The molecule has 2 nitrogen and oxygen atoms in total. The smallest absolute Gasteiger partial charge is 0.146 e. The van der Waals surface area contributed by atoms with Gasteiger partial charge in [-0.3, -0.25) is 9.69 Å². The number of ketones is 1. The van der Waals surface area contributed by atoms with Crippen molar-refractivity contribution in [3.8, 4) is 0 Å².